The van der Waals surface area contributed by atoms with Gasteiger partial charge in [-0.2, -0.15) is 0 Å². The minimum absolute atomic E-state index is 0.139. The molecule has 1 aliphatic rings. The van der Waals surface area contributed by atoms with Gasteiger partial charge in [-0.15, -0.1) is 11.3 Å². The third kappa shape index (κ3) is 2.24. The highest BCUT2D eigenvalue weighted by Crippen LogP contribution is 2.44. The average molecular weight is 286 g/mol. The van der Waals surface area contributed by atoms with Crippen molar-refractivity contribution in [1.29, 1.82) is 0 Å². The molecule has 3 rings (SSSR count). The summed E-state index contributed by atoms with van der Waals surface area (Å²) in [5.41, 5.74) is 2.71. The van der Waals surface area contributed by atoms with Gasteiger partial charge in [-0.05, 0) is 30.0 Å². The van der Waals surface area contributed by atoms with Crippen LogP contribution in [0, 0.1) is 0 Å². The monoisotopic (exact) mass is 286 g/mol. The minimum Gasteiger partial charge on any atom is -0.361 e. The predicted molar refractivity (Wildman–Crippen MR) is 86.6 cm³/mol. The second kappa shape index (κ2) is 5.21. The molecule has 0 aliphatic carbocycles. The van der Waals surface area contributed by atoms with Gasteiger partial charge in [0, 0.05) is 23.0 Å². The maximum absolute atomic E-state index is 4.65. The zero-order valence-corrected chi connectivity index (χ0v) is 13.3. The second-order valence-corrected chi connectivity index (χ2v) is 7.18. The molecular weight excluding hydrogens is 264 g/mol. The van der Waals surface area contributed by atoms with E-state index in [2.05, 4.69) is 60.3 Å². The van der Waals surface area contributed by atoms with Crippen LogP contribution in [0.3, 0.4) is 0 Å². The van der Waals surface area contributed by atoms with E-state index in [9.17, 15) is 0 Å². The van der Waals surface area contributed by atoms with Crippen LogP contribution >= 0.6 is 11.3 Å². The van der Waals surface area contributed by atoms with E-state index in [0.29, 0.717) is 6.04 Å². The Kier molecular flexibility index (Phi) is 3.55. The van der Waals surface area contributed by atoms with Crippen molar-refractivity contribution < 1.29 is 0 Å². The Balaban J connectivity index is 2.01. The Hall–Kier alpha value is -1.35. The molecule has 0 saturated carbocycles. The molecule has 0 N–H and O–H groups in total. The first kappa shape index (κ1) is 13.6. The highest BCUT2D eigenvalue weighted by molar-refractivity contribution is 7.10. The van der Waals surface area contributed by atoms with Crippen LogP contribution < -0.4 is 4.90 Å². The summed E-state index contributed by atoms with van der Waals surface area (Å²) >= 11 is 1.87. The summed E-state index contributed by atoms with van der Waals surface area (Å²) in [6.45, 7) is 7.93. The fraction of sp³-hybridized carbons (Fsp3) is 0.471. The van der Waals surface area contributed by atoms with Crippen molar-refractivity contribution in [2.24, 2.45) is 0 Å². The fourth-order valence-corrected chi connectivity index (χ4v) is 4.09. The molecule has 3 heteroatoms. The van der Waals surface area contributed by atoms with Crippen LogP contribution in [0.5, 0.6) is 0 Å². The summed E-state index contributed by atoms with van der Waals surface area (Å²) in [7, 11) is 0. The number of pyridine rings is 1. The molecule has 0 bridgehead atoms. The van der Waals surface area contributed by atoms with E-state index in [1.54, 1.807) is 0 Å². The predicted octanol–water partition coefficient (Wildman–Crippen LogP) is 4.78. The lowest BCUT2D eigenvalue weighted by Crippen LogP contribution is -2.31. The number of hydrogen-bond donors (Lipinski definition) is 0. The summed E-state index contributed by atoms with van der Waals surface area (Å²) < 4.78 is 0. The van der Waals surface area contributed by atoms with Gasteiger partial charge in [0.05, 0.1) is 17.4 Å². The van der Waals surface area contributed by atoms with Gasteiger partial charge in [0.2, 0.25) is 0 Å². The Bertz CT molecular complexity index is 574. The molecule has 1 unspecified atom stereocenters. The van der Waals surface area contributed by atoms with Gasteiger partial charge < -0.3 is 4.90 Å². The molecule has 106 valence electrons. The van der Waals surface area contributed by atoms with Crippen molar-refractivity contribution >= 4 is 17.0 Å². The number of thiophene rings is 1. The van der Waals surface area contributed by atoms with E-state index in [-0.39, 0.29) is 5.41 Å². The molecule has 0 amide bonds. The van der Waals surface area contributed by atoms with E-state index in [0.717, 1.165) is 6.54 Å². The number of aromatic nitrogens is 1. The zero-order chi connectivity index (χ0) is 14.2. The van der Waals surface area contributed by atoms with Gasteiger partial charge in [-0.25, -0.2) is 0 Å². The van der Waals surface area contributed by atoms with Crippen LogP contribution in [0.4, 0.5) is 5.69 Å². The first-order valence-corrected chi connectivity index (χ1v) is 8.27. The Morgan fingerprint density at radius 1 is 1.35 bits per heavy atom. The lowest BCUT2D eigenvalue weighted by molar-refractivity contribution is 0.496. The van der Waals surface area contributed by atoms with Gasteiger partial charge in [-0.3, -0.25) is 4.98 Å². The van der Waals surface area contributed by atoms with Gasteiger partial charge in [-0.1, -0.05) is 33.3 Å². The molecule has 1 aliphatic heterocycles. The summed E-state index contributed by atoms with van der Waals surface area (Å²) in [6, 6.07) is 9.21. The number of hydrogen-bond acceptors (Lipinski definition) is 3. The quantitative estimate of drug-likeness (QED) is 0.804. The highest BCUT2D eigenvalue weighted by Gasteiger charge is 2.39. The van der Waals surface area contributed by atoms with Gasteiger partial charge in [0.1, 0.15) is 0 Å². The lowest BCUT2D eigenvalue weighted by atomic mass is 9.91. The highest BCUT2D eigenvalue weighted by atomic mass is 32.1. The Morgan fingerprint density at radius 3 is 2.90 bits per heavy atom. The summed E-state index contributed by atoms with van der Waals surface area (Å²) in [6.07, 6.45) is 4.32. The van der Waals surface area contributed by atoms with Crippen molar-refractivity contribution in [1.82, 2.24) is 4.98 Å². The number of anilines is 1. The standard InChI is InChI=1S/C17H22N2S/c1-4-7-13(15-9-6-11-20-15)19-12-17(2,3)16-14(19)8-5-10-18-16/h5-6,8-11,13H,4,7,12H2,1-3H3. The van der Waals surface area contributed by atoms with Crippen molar-refractivity contribution in [3.05, 3.63) is 46.4 Å². The van der Waals surface area contributed by atoms with Crippen LogP contribution in [-0.4, -0.2) is 11.5 Å². The van der Waals surface area contributed by atoms with Gasteiger partial charge >= 0.3 is 0 Å². The molecule has 20 heavy (non-hydrogen) atoms. The van der Waals surface area contributed by atoms with E-state index in [4.69, 9.17) is 0 Å². The van der Waals surface area contributed by atoms with E-state index < -0.39 is 0 Å². The van der Waals surface area contributed by atoms with Crippen LogP contribution in [0.25, 0.3) is 0 Å². The molecule has 3 heterocycles. The number of rotatable bonds is 4. The number of fused-ring (bicyclic) bond motifs is 1. The second-order valence-electron chi connectivity index (χ2n) is 6.20. The maximum atomic E-state index is 4.65. The molecule has 1 atom stereocenters. The molecular formula is C17H22N2S. The molecule has 2 aromatic rings. The van der Waals surface area contributed by atoms with Gasteiger partial charge in [0.15, 0.2) is 0 Å². The summed E-state index contributed by atoms with van der Waals surface area (Å²) in [4.78, 5) is 8.69. The number of nitrogens with zero attached hydrogens (tertiary/aromatic N) is 2. The SMILES string of the molecule is CCCC(c1cccs1)N1CC(C)(C)c2ncccc21. The first-order valence-electron chi connectivity index (χ1n) is 7.39. The van der Waals surface area contributed by atoms with Crippen molar-refractivity contribution in [3.63, 3.8) is 0 Å². The van der Waals surface area contributed by atoms with Crippen LogP contribution in [0.1, 0.15) is 50.2 Å². The Morgan fingerprint density at radius 2 is 2.20 bits per heavy atom. The van der Waals surface area contributed by atoms with E-state index in [1.165, 1.54) is 29.1 Å². The molecule has 2 aromatic heterocycles. The van der Waals surface area contributed by atoms with E-state index in [1.807, 2.05) is 17.5 Å². The molecule has 2 nitrogen and oxygen atoms in total. The minimum atomic E-state index is 0.139. The fourth-order valence-electron chi connectivity index (χ4n) is 3.22. The van der Waals surface area contributed by atoms with Crippen molar-refractivity contribution in [3.8, 4) is 0 Å². The topological polar surface area (TPSA) is 16.1 Å². The maximum Gasteiger partial charge on any atom is 0.0710 e. The van der Waals surface area contributed by atoms with Crippen LogP contribution in [-0.2, 0) is 5.41 Å². The smallest absolute Gasteiger partial charge is 0.0710 e. The molecule has 0 radical (unpaired) electrons. The average Bonchev–Trinajstić information content (AvgIpc) is 3.04. The molecule has 0 fully saturated rings. The van der Waals surface area contributed by atoms with Gasteiger partial charge in [0.25, 0.3) is 0 Å². The van der Waals surface area contributed by atoms with Crippen molar-refractivity contribution in [2.45, 2.75) is 45.1 Å². The largest absolute Gasteiger partial charge is 0.361 e. The van der Waals surface area contributed by atoms with E-state index >= 15 is 0 Å². The normalized spacial score (nSPS) is 18.1. The lowest BCUT2D eigenvalue weighted by Gasteiger charge is -2.30. The first-order chi connectivity index (χ1) is 9.63. The molecule has 0 aromatic carbocycles. The molecule has 0 spiro atoms. The third-order valence-corrected chi connectivity index (χ3v) is 5.09. The van der Waals surface area contributed by atoms with Crippen LogP contribution in [0.2, 0.25) is 0 Å². The van der Waals surface area contributed by atoms with Crippen molar-refractivity contribution in [2.75, 3.05) is 11.4 Å². The third-order valence-electron chi connectivity index (χ3n) is 4.11. The Labute approximate surface area is 125 Å². The van der Waals surface area contributed by atoms with Crippen LogP contribution in [0.15, 0.2) is 35.8 Å². The summed E-state index contributed by atoms with van der Waals surface area (Å²) in [5, 5.41) is 2.18. The zero-order valence-electron chi connectivity index (χ0n) is 12.5. The molecule has 0 saturated heterocycles. The summed E-state index contributed by atoms with van der Waals surface area (Å²) in [5.74, 6) is 0.